The van der Waals surface area contributed by atoms with E-state index in [1.165, 1.54) is 20.7 Å². The van der Waals surface area contributed by atoms with Crippen LogP contribution in [0.3, 0.4) is 0 Å². The minimum Gasteiger partial charge on any atom is -0.372 e. The molecule has 1 aromatic carbocycles. The first-order valence-electron chi connectivity index (χ1n) is 8.08. The van der Waals surface area contributed by atoms with Crippen LogP contribution in [0.2, 0.25) is 0 Å². The summed E-state index contributed by atoms with van der Waals surface area (Å²) in [7, 11) is 2.03. The molecule has 1 aliphatic rings. The van der Waals surface area contributed by atoms with Crippen molar-refractivity contribution in [3.8, 4) is 0 Å². The molecule has 23 heavy (non-hydrogen) atoms. The van der Waals surface area contributed by atoms with Gasteiger partial charge in [-0.15, -0.1) is 11.3 Å². The molecule has 0 amide bonds. The van der Waals surface area contributed by atoms with Crippen LogP contribution in [-0.4, -0.2) is 22.2 Å². The molecule has 0 bridgehead atoms. The Hall–Kier alpha value is -1.69. The van der Waals surface area contributed by atoms with Crippen molar-refractivity contribution >= 4 is 21.4 Å². The van der Waals surface area contributed by atoms with Crippen LogP contribution in [0.15, 0.2) is 42.9 Å². The molecule has 2 atom stereocenters. The van der Waals surface area contributed by atoms with Gasteiger partial charge < -0.3 is 14.6 Å². The smallest absolute Gasteiger partial charge is 0.100 e. The lowest BCUT2D eigenvalue weighted by Gasteiger charge is -2.30. The zero-order valence-electron chi connectivity index (χ0n) is 13.2. The van der Waals surface area contributed by atoms with Crippen molar-refractivity contribution in [1.82, 2.24) is 14.9 Å². The van der Waals surface area contributed by atoms with E-state index in [0.717, 1.165) is 26.0 Å². The lowest BCUT2D eigenvalue weighted by atomic mass is 10.0. The third kappa shape index (κ3) is 3.17. The van der Waals surface area contributed by atoms with Gasteiger partial charge in [0.2, 0.25) is 0 Å². The SMILES string of the molecule is Cn1cncc1[C@H]1C[C@H](NCc2cc3ccccc3s2)CCO1. The van der Waals surface area contributed by atoms with Crippen molar-refractivity contribution in [2.75, 3.05) is 6.61 Å². The normalized spacial score (nSPS) is 21.8. The van der Waals surface area contributed by atoms with Crippen LogP contribution in [0.4, 0.5) is 0 Å². The van der Waals surface area contributed by atoms with Crippen LogP contribution in [0.1, 0.15) is 29.5 Å². The number of aromatic nitrogens is 2. The van der Waals surface area contributed by atoms with Crippen molar-refractivity contribution in [1.29, 1.82) is 0 Å². The van der Waals surface area contributed by atoms with Gasteiger partial charge in [0.15, 0.2) is 0 Å². The third-order valence-electron chi connectivity index (χ3n) is 4.51. The Morgan fingerprint density at radius 2 is 2.30 bits per heavy atom. The van der Waals surface area contributed by atoms with E-state index >= 15 is 0 Å². The molecular weight excluding hydrogens is 306 g/mol. The molecule has 120 valence electrons. The first kappa shape index (κ1) is 14.9. The molecule has 1 saturated heterocycles. The molecule has 0 radical (unpaired) electrons. The highest BCUT2D eigenvalue weighted by Crippen LogP contribution is 2.29. The number of nitrogens with zero attached hydrogens (tertiary/aromatic N) is 2. The number of rotatable bonds is 4. The quantitative estimate of drug-likeness (QED) is 0.795. The molecule has 0 unspecified atom stereocenters. The van der Waals surface area contributed by atoms with Gasteiger partial charge in [-0.3, -0.25) is 0 Å². The number of aryl methyl sites for hydroxylation is 1. The maximum Gasteiger partial charge on any atom is 0.100 e. The second-order valence-corrected chi connectivity index (χ2v) is 7.31. The summed E-state index contributed by atoms with van der Waals surface area (Å²) in [4.78, 5) is 5.60. The Morgan fingerprint density at radius 3 is 3.13 bits per heavy atom. The molecule has 3 aromatic rings. The molecule has 1 N–H and O–H groups in total. The number of thiophene rings is 1. The summed E-state index contributed by atoms with van der Waals surface area (Å²) in [5, 5.41) is 5.05. The summed E-state index contributed by atoms with van der Waals surface area (Å²) in [6.07, 6.45) is 5.98. The Kier molecular flexibility index (Phi) is 4.16. The minimum atomic E-state index is 0.149. The lowest BCUT2D eigenvalue weighted by molar-refractivity contribution is -0.00399. The minimum absolute atomic E-state index is 0.149. The second kappa shape index (κ2) is 6.43. The van der Waals surface area contributed by atoms with Gasteiger partial charge in [-0.1, -0.05) is 18.2 Å². The van der Waals surface area contributed by atoms with Crippen molar-refractivity contribution in [2.45, 2.75) is 31.5 Å². The van der Waals surface area contributed by atoms with Crippen LogP contribution < -0.4 is 5.32 Å². The van der Waals surface area contributed by atoms with E-state index in [-0.39, 0.29) is 6.10 Å². The van der Waals surface area contributed by atoms with Gasteiger partial charge in [0.05, 0.1) is 18.2 Å². The Morgan fingerprint density at radius 1 is 1.39 bits per heavy atom. The van der Waals surface area contributed by atoms with Crippen molar-refractivity contribution in [3.63, 3.8) is 0 Å². The molecule has 1 fully saturated rings. The molecule has 5 heteroatoms. The first-order valence-corrected chi connectivity index (χ1v) is 8.90. The summed E-state index contributed by atoms with van der Waals surface area (Å²) in [6, 6.07) is 11.4. The van der Waals surface area contributed by atoms with Crippen LogP contribution in [0, 0.1) is 0 Å². The Balaban J connectivity index is 1.39. The van der Waals surface area contributed by atoms with Crippen LogP contribution in [-0.2, 0) is 18.3 Å². The van der Waals surface area contributed by atoms with E-state index in [2.05, 4.69) is 45.2 Å². The Labute approximate surface area is 140 Å². The van der Waals surface area contributed by atoms with E-state index in [9.17, 15) is 0 Å². The molecule has 0 spiro atoms. The number of fused-ring (bicyclic) bond motifs is 1. The van der Waals surface area contributed by atoms with Crippen LogP contribution >= 0.6 is 11.3 Å². The fourth-order valence-electron chi connectivity index (χ4n) is 3.23. The maximum absolute atomic E-state index is 5.94. The predicted molar refractivity (Wildman–Crippen MR) is 93.6 cm³/mol. The molecular formula is C18H21N3OS. The standard InChI is InChI=1S/C18H21N3OS/c1-21-12-19-11-16(21)17-9-14(6-7-22-17)20-10-15-8-13-4-2-3-5-18(13)23-15/h2-5,8,11-12,14,17,20H,6-7,9-10H2,1H3/t14-,17-/m1/s1. The number of hydrogen-bond acceptors (Lipinski definition) is 4. The van der Waals surface area contributed by atoms with E-state index in [4.69, 9.17) is 4.74 Å². The fourth-order valence-corrected chi connectivity index (χ4v) is 4.25. The average molecular weight is 327 g/mol. The fraction of sp³-hybridized carbons (Fsp3) is 0.389. The van der Waals surface area contributed by atoms with E-state index in [1.807, 2.05) is 30.9 Å². The van der Waals surface area contributed by atoms with Gasteiger partial charge in [0, 0.05) is 35.8 Å². The first-order chi connectivity index (χ1) is 11.3. The third-order valence-corrected chi connectivity index (χ3v) is 5.63. The van der Waals surface area contributed by atoms with Gasteiger partial charge in [-0.2, -0.15) is 0 Å². The highest BCUT2D eigenvalue weighted by Gasteiger charge is 2.25. The molecule has 0 aliphatic carbocycles. The highest BCUT2D eigenvalue weighted by atomic mass is 32.1. The number of imidazole rings is 1. The summed E-state index contributed by atoms with van der Waals surface area (Å²) in [5.74, 6) is 0. The van der Waals surface area contributed by atoms with Crippen molar-refractivity contribution < 1.29 is 4.74 Å². The monoisotopic (exact) mass is 327 g/mol. The van der Waals surface area contributed by atoms with E-state index in [0.29, 0.717) is 6.04 Å². The summed E-state index contributed by atoms with van der Waals surface area (Å²) in [6.45, 7) is 1.74. The van der Waals surface area contributed by atoms with Gasteiger partial charge >= 0.3 is 0 Å². The molecule has 2 aromatic heterocycles. The number of benzene rings is 1. The molecule has 4 rings (SSSR count). The summed E-state index contributed by atoms with van der Waals surface area (Å²) < 4.78 is 9.35. The summed E-state index contributed by atoms with van der Waals surface area (Å²) >= 11 is 1.88. The maximum atomic E-state index is 5.94. The molecule has 1 aliphatic heterocycles. The highest BCUT2D eigenvalue weighted by molar-refractivity contribution is 7.19. The van der Waals surface area contributed by atoms with E-state index in [1.54, 1.807) is 0 Å². The average Bonchev–Trinajstić information content (AvgIpc) is 3.18. The van der Waals surface area contributed by atoms with Crippen LogP contribution in [0.5, 0.6) is 0 Å². The zero-order chi connectivity index (χ0) is 15.6. The Bertz CT molecular complexity index is 761. The number of hydrogen-bond donors (Lipinski definition) is 1. The summed E-state index contributed by atoms with van der Waals surface area (Å²) in [5.41, 5.74) is 1.17. The van der Waals surface area contributed by atoms with E-state index < -0.39 is 0 Å². The number of ether oxygens (including phenoxy) is 1. The van der Waals surface area contributed by atoms with Gasteiger partial charge in [0.1, 0.15) is 6.10 Å². The largest absolute Gasteiger partial charge is 0.372 e. The van der Waals surface area contributed by atoms with Crippen LogP contribution in [0.25, 0.3) is 10.1 Å². The second-order valence-electron chi connectivity index (χ2n) is 6.14. The van der Waals surface area contributed by atoms with Gasteiger partial charge in [-0.05, 0) is 30.4 Å². The number of nitrogens with one attached hydrogen (secondary N) is 1. The van der Waals surface area contributed by atoms with Crippen molar-refractivity contribution in [3.05, 3.63) is 53.4 Å². The molecule has 0 saturated carbocycles. The molecule has 4 nitrogen and oxygen atoms in total. The molecule has 3 heterocycles. The lowest BCUT2D eigenvalue weighted by Crippen LogP contribution is -2.36. The predicted octanol–water partition coefficient (Wildman–Crippen LogP) is 3.64. The van der Waals surface area contributed by atoms with Gasteiger partial charge in [0.25, 0.3) is 0 Å². The van der Waals surface area contributed by atoms with Crippen molar-refractivity contribution in [2.24, 2.45) is 7.05 Å². The van der Waals surface area contributed by atoms with Gasteiger partial charge in [-0.25, -0.2) is 4.98 Å². The topological polar surface area (TPSA) is 39.1 Å². The zero-order valence-corrected chi connectivity index (χ0v) is 14.1.